The van der Waals surface area contributed by atoms with Gasteiger partial charge in [-0.15, -0.1) is 0 Å². The summed E-state index contributed by atoms with van der Waals surface area (Å²) in [6.07, 6.45) is 0. The fourth-order valence-electron chi connectivity index (χ4n) is 2.99. The van der Waals surface area contributed by atoms with E-state index in [1.807, 2.05) is 0 Å². The van der Waals surface area contributed by atoms with Crippen molar-refractivity contribution in [1.82, 2.24) is 4.98 Å². The highest BCUT2D eigenvalue weighted by Gasteiger charge is 2.42. The minimum absolute atomic E-state index is 0.758. The van der Waals surface area contributed by atoms with Crippen LogP contribution in [-0.4, -0.2) is 14.8 Å². The highest BCUT2D eigenvalue weighted by molar-refractivity contribution is 6.81. The molecule has 0 saturated carbocycles. The summed E-state index contributed by atoms with van der Waals surface area (Å²) in [6, 6.07) is 0. The van der Waals surface area contributed by atoms with E-state index in [9.17, 15) is 0 Å². The third-order valence-electron chi connectivity index (χ3n) is 3.68. The third-order valence-corrected chi connectivity index (χ3v) is 10.2. The van der Waals surface area contributed by atoms with Crippen LogP contribution >= 0.6 is 0 Å². The Balaban J connectivity index is 4.80. The van der Waals surface area contributed by atoms with Crippen LogP contribution in [0.1, 0.15) is 55.4 Å². The zero-order valence-electron chi connectivity index (χ0n) is 12.0. The molecular weight excluding hydrogens is 198 g/mol. The predicted molar refractivity (Wildman–Crippen MR) is 73.9 cm³/mol. The van der Waals surface area contributed by atoms with Crippen LogP contribution in [0.15, 0.2) is 0 Å². The molecule has 0 rings (SSSR count). The lowest BCUT2D eigenvalue weighted by Crippen LogP contribution is -2.58. The van der Waals surface area contributed by atoms with Gasteiger partial charge < -0.3 is 4.98 Å². The molecule has 0 aliphatic rings. The molecule has 0 unspecified atom stereocenters. The summed E-state index contributed by atoms with van der Waals surface area (Å²) in [5, 5.41) is 0. The molecule has 0 saturated heterocycles. The largest absolute Gasteiger partial charge is 0.336 e. The Kier molecular flexibility index (Phi) is 6.12. The van der Waals surface area contributed by atoms with E-state index in [0.29, 0.717) is 0 Å². The van der Waals surface area contributed by atoms with Gasteiger partial charge in [0.2, 0.25) is 0 Å². The zero-order chi connectivity index (χ0) is 12.2. The smallest absolute Gasteiger partial charge is 0.133 e. The van der Waals surface area contributed by atoms with Crippen molar-refractivity contribution in [2.24, 2.45) is 5.92 Å². The third kappa shape index (κ3) is 3.60. The first-order valence-electron chi connectivity index (χ1n) is 6.50. The van der Waals surface area contributed by atoms with Crippen LogP contribution in [-0.2, 0) is 0 Å². The molecule has 15 heavy (non-hydrogen) atoms. The minimum atomic E-state index is -1.34. The van der Waals surface area contributed by atoms with Crippen molar-refractivity contribution in [3.05, 3.63) is 0 Å². The normalized spacial score (nSPS) is 13.6. The topological polar surface area (TPSA) is 12.0 Å². The van der Waals surface area contributed by atoms with E-state index in [1.54, 1.807) is 0 Å². The molecule has 0 aromatic carbocycles. The molecule has 0 heterocycles. The van der Waals surface area contributed by atoms with E-state index in [1.165, 1.54) is 6.54 Å². The Bertz CT molecular complexity index is 152. The van der Waals surface area contributed by atoms with Crippen molar-refractivity contribution < 1.29 is 0 Å². The molecule has 92 valence electrons. The van der Waals surface area contributed by atoms with Gasteiger partial charge in [0.05, 0.1) is 0 Å². The quantitative estimate of drug-likeness (QED) is 0.665. The van der Waals surface area contributed by atoms with Crippen LogP contribution < -0.4 is 4.98 Å². The highest BCUT2D eigenvalue weighted by atomic mass is 28.3. The Hall–Kier alpha value is 0.177. The van der Waals surface area contributed by atoms with Gasteiger partial charge in [-0.1, -0.05) is 55.4 Å². The maximum absolute atomic E-state index is 3.97. The molecule has 1 N–H and O–H groups in total. The maximum Gasteiger partial charge on any atom is 0.133 e. The Morgan fingerprint density at radius 2 is 1.07 bits per heavy atom. The van der Waals surface area contributed by atoms with Crippen LogP contribution in [0, 0.1) is 5.92 Å². The van der Waals surface area contributed by atoms with Gasteiger partial charge in [-0.25, -0.2) is 0 Å². The summed E-state index contributed by atoms with van der Waals surface area (Å²) in [4.78, 5) is 3.97. The molecule has 0 aliphatic carbocycles. The molecule has 0 aromatic rings. The van der Waals surface area contributed by atoms with E-state index in [4.69, 9.17) is 0 Å². The van der Waals surface area contributed by atoms with Crippen molar-refractivity contribution in [2.75, 3.05) is 6.54 Å². The van der Waals surface area contributed by atoms with E-state index in [-0.39, 0.29) is 0 Å². The molecule has 0 radical (unpaired) electrons. The standard InChI is InChI=1S/C13H31NSi/c1-10(2)9-14-15(11(3)4,12(5)6)13(7)8/h10-14H,9H2,1-8H3. The van der Waals surface area contributed by atoms with Crippen LogP contribution in [0.4, 0.5) is 0 Å². The van der Waals surface area contributed by atoms with Crippen molar-refractivity contribution in [1.29, 1.82) is 0 Å². The molecule has 0 fully saturated rings. The summed E-state index contributed by atoms with van der Waals surface area (Å²) in [6.45, 7) is 20.2. The summed E-state index contributed by atoms with van der Waals surface area (Å²) in [5.74, 6) is 0.758. The lowest BCUT2D eigenvalue weighted by Gasteiger charge is -2.44. The van der Waals surface area contributed by atoms with Crippen molar-refractivity contribution in [3.8, 4) is 0 Å². The molecule has 0 aromatic heterocycles. The second-order valence-electron chi connectivity index (χ2n) is 6.17. The molecule has 0 amide bonds. The minimum Gasteiger partial charge on any atom is -0.336 e. The van der Waals surface area contributed by atoms with Gasteiger partial charge in [0.15, 0.2) is 0 Å². The number of hydrogen-bond donors (Lipinski definition) is 1. The Labute approximate surface area is 98.1 Å². The van der Waals surface area contributed by atoms with Gasteiger partial charge in [0.25, 0.3) is 0 Å². The van der Waals surface area contributed by atoms with Gasteiger partial charge in [-0.2, -0.15) is 0 Å². The first-order valence-corrected chi connectivity index (χ1v) is 8.73. The SMILES string of the molecule is CC(C)CN[Si](C(C)C)(C(C)C)C(C)C. The average Bonchev–Trinajstić information content (AvgIpc) is 2.02. The molecule has 0 aliphatic heterocycles. The molecule has 0 atom stereocenters. The second-order valence-corrected chi connectivity index (χ2v) is 11.9. The first kappa shape index (κ1) is 15.2. The second kappa shape index (κ2) is 6.05. The molecule has 0 bridgehead atoms. The number of hydrogen-bond acceptors (Lipinski definition) is 1. The van der Waals surface area contributed by atoms with Gasteiger partial charge >= 0.3 is 0 Å². The van der Waals surface area contributed by atoms with E-state index in [0.717, 1.165) is 22.5 Å². The fraction of sp³-hybridized carbons (Fsp3) is 1.00. The van der Waals surface area contributed by atoms with Crippen molar-refractivity contribution in [3.63, 3.8) is 0 Å². The van der Waals surface area contributed by atoms with E-state index >= 15 is 0 Å². The average molecular weight is 229 g/mol. The lowest BCUT2D eigenvalue weighted by atomic mass is 10.2. The summed E-state index contributed by atoms with van der Waals surface area (Å²) >= 11 is 0. The van der Waals surface area contributed by atoms with Crippen LogP contribution in [0.5, 0.6) is 0 Å². The first-order chi connectivity index (χ1) is 6.75. The van der Waals surface area contributed by atoms with Crippen molar-refractivity contribution in [2.45, 2.75) is 72.0 Å². The maximum atomic E-state index is 3.97. The van der Waals surface area contributed by atoms with Gasteiger partial charge in [-0.05, 0) is 29.1 Å². The van der Waals surface area contributed by atoms with Crippen LogP contribution in [0.25, 0.3) is 0 Å². The Morgan fingerprint density at radius 3 is 1.27 bits per heavy atom. The lowest BCUT2D eigenvalue weighted by molar-refractivity contribution is 0.599. The van der Waals surface area contributed by atoms with Crippen molar-refractivity contribution >= 4 is 8.24 Å². The Morgan fingerprint density at radius 1 is 0.733 bits per heavy atom. The van der Waals surface area contributed by atoms with E-state index < -0.39 is 8.24 Å². The fourth-order valence-corrected chi connectivity index (χ4v) is 8.98. The van der Waals surface area contributed by atoms with Gasteiger partial charge in [0.1, 0.15) is 8.24 Å². The number of nitrogens with one attached hydrogen (secondary N) is 1. The molecule has 0 spiro atoms. The predicted octanol–water partition coefficient (Wildman–Crippen LogP) is 4.41. The monoisotopic (exact) mass is 229 g/mol. The zero-order valence-corrected chi connectivity index (χ0v) is 13.0. The summed E-state index contributed by atoms with van der Waals surface area (Å²) < 4.78 is 0. The molecule has 1 nitrogen and oxygen atoms in total. The van der Waals surface area contributed by atoms with Crippen LogP contribution in [0.2, 0.25) is 16.6 Å². The highest BCUT2D eigenvalue weighted by Crippen LogP contribution is 2.38. The summed E-state index contributed by atoms with van der Waals surface area (Å²) in [7, 11) is -1.34. The summed E-state index contributed by atoms with van der Waals surface area (Å²) in [5.41, 5.74) is 2.45. The van der Waals surface area contributed by atoms with Gasteiger partial charge in [0, 0.05) is 0 Å². The van der Waals surface area contributed by atoms with E-state index in [2.05, 4.69) is 60.4 Å². The molecular formula is C13H31NSi. The molecule has 2 heteroatoms. The van der Waals surface area contributed by atoms with Gasteiger partial charge in [-0.3, -0.25) is 0 Å². The number of rotatable bonds is 6. The van der Waals surface area contributed by atoms with Crippen LogP contribution in [0.3, 0.4) is 0 Å².